The van der Waals surface area contributed by atoms with E-state index in [-0.39, 0.29) is 17.8 Å². The molecule has 0 saturated carbocycles. The topological polar surface area (TPSA) is 81.9 Å². The summed E-state index contributed by atoms with van der Waals surface area (Å²) in [5.74, 6) is -0.0507. The monoisotopic (exact) mass is 387 g/mol. The number of amides is 1. The van der Waals surface area contributed by atoms with Crippen molar-refractivity contribution in [2.45, 2.75) is 30.6 Å². The molecule has 1 N–H and O–H groups in total. The first-order chi connectivity index (χ1) is 11.6. The Morgan fingerprint density at radius 1 is 1.46 bits per heavy atom. The summed E-state index contributed by atoms with van der Waals surface area (Å²) >= 11 is 13.2. The van der Waals surface area contributed by atoms with Gasteiger partial charge in [0.2, 0.25) is 11.1 Å². The van der Waals surface area contributed by atoms with Crippen LogP contribution in [0.3, 0.4) is 0 Å². The number of thioether (sulfide) groups is 1. The van der Waals surface area contributed by atoms with E-state index in [9.17, 15) is 4.79 Å². The highest BCUT2D eigenvalue weighted by Crippen LogP contribution is 2.26. The fraction of sp³-hybridized carbons (Fsp3) is 0.429. The Kier molecular flexibility index (Phi) is 5.94. The third-order valence-corrected chi connectivity index (χ3v) is 4.96. The number of hydrogen-bond acceptors (Lipinski definition) is 6. The normalized spacial score (nSPS) is 17.2. The summed E-state index contributed by atoms with van der Waals surface area (Å²) in [6, 6.07) is 4.90. The highest BCUT2D eigenvalue weighted by Gasteiger charge is 2.19. The molecule has 1 unspecified atom stereocenters. The van der Waals surface area contributed by atoms with E-state index < -0.39 is 0 Å². The fourth-order valence-electron chi connectivity index (χ4n) is 2.31. The smallest absolute Gasteiger partial charge is 0.234 e. The van der Waals surface area contributed by atoms with Crippen molar-refractivity contribution in [2.75, 3.05) is 17.7 Å². The summed E-state index contributed by atoms with van der Waals surface area (Å²) in [7, 11) is 0. The van der Waals surface area contributed by atoms with E-state index in [1.165, 1.54) is 11.8 Å². The molecule has 0 spiro atoms. The number of ether oxygens (including phenoxy) is 1. The number of halogens is 2. The van der Waals surface area contributed by atoms with Gasteiger partial charge in [0.15, 0.2) is 0 Å². The molecule has 1 aliphatic rings. The lowest BCUT2D eigenvalue weighted by atomic mass is 10.2. The number of hydrogen-bond donors (Lipinski definition) is 1. The van der Waals surface area contributed by atoms with Crippen molar-refractivity contribution in [3.05, 3.63) is 28.2 Å². The third-order valence-electron chi connectivity index (χ3n) is 3.43. The molecule has 24 heavy (non-hydrogen) atoms. The molecular weight excluding hydrogens is 373 g/mol. The zero-order valence-corrected chi connectivity index (χ0v) is 14.9. The fourth-order valence-corrected chi connectivity index (χ4v) is 3.33. The Bertz CT molecular complexity index is 721. The molecule has 1 aliphatic heterocycles. The van der Waals surface area contributed by atoms with Crippen molar-refractivity contribution in [1.29, 1.82) is 0 Å². The Balaban J connectivity index is 1.54. The molecule has 10 heteroatoms. The summed E-state index contributed by atoms with van der Waals surface area (Å²) in [5.41, 5.74) is 0.480. The van der Waals surface area contributed by atoms with Crippen molar-refractivity contribution < 1.29 is 9.53 Å². The van der Waals surface area contributed by atoms with Gasteiger partial charge in [-0.2, -0.15) is 0 Å². The van der Waals surface area contributed by atoms with Crippen molar-refractivity contribution >= 4 is 46.6 Å². The molecule has 128 valence electrons. The van der Waals surface area contributed by atoms with Crippen LogP contribution in [0.25, 0.3) is 0 Å². The van der Waals surface area contributed by atoms with Gasteiger partial charge in [-0.3, -0.25) is 4.79 Å². The quantitative estimate of drug-likeness (QED) is 0.767. The number of nitrogens with one attached hydrogen (secondary N) is 1. The van der Waals surface area contributed by atoms with Crippen LogP contribution in [-0.4, -0.2) is 44.6 Å². The first-order valence-electron chi connectivity index (χ1n) is 7.37. The minimum absolute atomic E-state index is 0.131. The number of carbonyl (C=O) groups is 1. The van der Waals surface area contributed by atoms with Gasteiger partial charge in [0, 0.05) is 11.6 Å². The number of rotatable bonds is 6. The van der Waals surface area contributed by atoms with Crippen LogP contribution >= 0.6 is 35.0 Å². The Hall–Kier alpha value is -1.35. The lowest BCUT2D eigenvalue weighted by molar-refractivity contribution is -0.113. The van der Waals surface area contributed by atoms with Gasteiger partial charge in [0.05, 0.1) is 29.1 Å². The number of aromatic nitrogens is 4. The minimum atomic E-state index is -0.212. The standard InChI is InChI=1S/C14H15Cl2N5O2S/c15-9-3-4-11(16)12(6-9)17-13(22)8-24-14-18-19-20-21(14)7-10-2-1-5-23-10/h3-4,6,10H,1-2,5,7-8H2,(H,17,22). The van der Waals surface area contributed by atoms with E-state index in [0.717, 1.165) is 19.4 Å². The summed E-state index contributed by atoms with van der Waals surface area (Å²) in [5, 5.41) is 15.8. The van der Waals surface area contributed by atoms with Crippen molar-refractivity contribution in [1.82, 2.24) is 20.2 Å². The molecule has 1 saturated heterocycles. The van der Waals surface area contributed by atoms with Crippen LogP contribution in [-0.2, 0) is 16.1 Å². The van der Waals surface area contributed by atoms with Gasteiger partial charge < -0.3 is 10.1 Å². The van der Waals surface area contributed by atoms with Crippen molar-refractivity contribution in [3.8, 4) is 0 Å². The number of tetrazole rings is 1. The van der Waals surface area contributed by atoms with Gasteiger partial charge in [0.25, 0.3) is 0 Å². The summed E-state index contributed by atoms with van der Waals surface area (Å²) in [4.78, 5) is 12.1. The van der Waals surface area contributed by atoms with E-state index >= 15 is 0 Å². The first kappa shape index (κ1) is 17.5. The second-order valence-electron chi connectivity index (χ2n) is 5.24. The highest BCUT2D eigenvalue weighted by atomic mass is 35.5. The lowest BCUT2D eigenvalue weighted by Crippen LogP contribution is -2.18. The second kappa shape index (κ2) is 8.15. The SMILES string of the molecule is O=C(CSc1nnnn1CC1CCCO1)Nc1cc(Cl)ccc1Cl. The largest absolute Gasteiger partial charge is 0.376 e. The molecule has 0 radical (unpaired) electrons. The third kappa shape index (κ3) is 4.60. The molecule has 1 aromatic carbocycles. The predicted octanol–water partition coefficient (Wildman–Crippen LogP) is 2.89. The molecule has 0 aliphatic carbocycles. The number of nitrogens with zero attached hydrogens (tertiary/aromatic N) is 4. The maximum Gasteiger partial charge on any atom is 0.234 e. The van der Waals surface area contributed by atoms with E-state index in [4.69, 9.17) is 27.9 Å². The molecule has 3 rings (SSSR count). The van der Waals surface area contributed by atoms with Gasteiger partial charge in [0.1, 0.15) is 0 Å². The van der Waals surface area contributed by atoms with Gasteiger partial charge in [-0.25, -0.2) is 4.68 Å². The molecule has 1 fully saturated rings. The molecule has 1 amide bonds. The maximum absolute atomic E-state index is 12.1. The Labute approximate surface area is 153 Å². The van der Waals surface area contributed by atoms with Crippen LogP contribution in [0.15, 0.2) is 23.4 Å². The average Bonchev–Trinajstić information content (AvgIpc) is 3.21. The molecule has 2 aromatic rings. The lowest BCUT2D eigenvalue weighted by Gasteiger charge is -2.10. The molecule has 7 nitrogen and oxygen atoms in total. The predicted molar refractivity (Wildman–Crippen MR) is 92.6 cm³/mol. The average molecular weight is 388 g/mol. The van der Waals surface area contributed by atoms with Crippen molar-refractivity contribution in [3.63, 3.8) is 0 Å². The van der Waals surface area contributed by atoms with E-state index in [1.807, 2.05) is 0 Å². The minimum Gasteiger partial charge on any atom is -0.376 e. The van der Waals surface area contributed by atoms with Crippen LogP contribution in [0.1, 0.15) is 12.8 Å². The zero-order valence-electron chi connectivity index (χ0n) is 12.6. The van der Waals surface area contributed by atoms with Crippen LogP contribution in [0.4, 0.5) is 5.69 Å². The van der Waals surface area contributed by atoms with Crippen molar-refractivity contribution in [2.24, 2.45) is 0 Å². The highest BCUT2D eigenvalue weighted by molar-refractivity contribution is 7.99. The van der Waals surface area contributed by atoms with Gasteiger partial charge >= 0.3 is 0 Å². The first-order valence-corrected chi connectivity index (χ1v) is 9.11. The summed E-state index contributed by atoms with van der Waals surface area (Å²) < 4.78 is 7.25. The van der Waals surface area contributed by atoms with E-state index in [1.54, 1.807) is 22.9 Å². The summed E-state index contributed by atoms with van der Waals surface area (Å²) in [6.45, 7) is 1.37. The van der Waals surface area contributed by atoms with Crippen LogP contribution in [0.2, 0.25) is 10.0 Å². The van der Waals surface area contributed by atoms with Gasteiger partial charge in [-0.15, -0.1) is 5.10 Å². The molecular formula is C14H15Cl2N5O2S. The maximum atomic E-state index is 12.1. The van der Waals surface area contributed by atoms with E-state index in [0.29, 0.717) is 27.4 Å². The molecule has 0 bridgehead atoms. The number of anilines is 1. The number of carbonyl (C=O) groups excluding carboxylic acids is 1. The zero-order chi connectivity index (χ0) is 16.9. The van der Waals surface area contributed by atoms with Gasteiger partial charge in [-0.1, -0.05) is 35.0 Å². The Morgan fingerprint density at radius 3 is 3.12 bits per heavy atom. The second-order valence-corrected chi connectivity index (χ2v) is 7.03. The van der Waals surface area contributed by atoms with Crippen LogP contribution in [0, 0.1) is 0 Å². The van der Waals surface area contributed by atoms with Crippen LogP contribution < -0.4 is 5.32 Å². The van der Waals surface area contributed by atoms with Gasteiger partial charge in [-0.05, 0) is 41.5 Å². The van der Waals surface area contributed by atoms with E-state index in [2.05, 4.69) is 20.8 Å². The molecule has 1 atom stereocenters. The van der Waals surface area contributed by atoms with Crippen LogP contribution in [0.5, 0.6) is 0 Å². The Morgan fingerprint density at radius 2 is 2.33 bits per heavy atom. The summed E-state index contributed by atoms with van der Waals surface area (Å²) in [6.07, 6.45) is 2.18. The molecule has 2 heterocycles. The molecule has 1 aromatic heterocycles. The number of benzene rings is 1.